The maximum Gasteiger partial charge on any atom is 0.330 e. The number of rotatable bonds is 10. The van der Waals surface area contributed by atoms with Gasteiger partial charge in [-0.2, -0.15) is 8.78 Å². The largest absolute Gasteiger partial charge is 0.370 e. The summed E-state index contributed by atoms with van der Waals surface area (Å²) in [6.45, 7) is 4.36. The Morgan fingerprint density at radius 2 is 2.03 bits per heavy atom. The van der Waals surface area contributed by atoms with E-state index in [4.69, 9.17) is 4.74 Å². The first-order valence-electron chi connectivity index (χ1n) is 9.90. The van der Waals surface area contributed by atoms with Gasteiger partial charge in [0.15, 0.2) is 0 Å². The summed E-state index contributed by atoms with van der Waals surface area (Å²) in [5.41, 5.74) is 0.971. The van der Waals surface area contributed by atoms with E-state index < -0.39 is 19.0 Å². The van der Waals surface area contributed by atoms with Crippen LogP contribution in [0.25, 0.3) is 0 Å². The number of benzene rings is 1. The van der Waals surface area contributed by atoms with Crippen LogP contribution in [0.1, 0.15) is 31.7 Å². The van der Waals surface area contributed by atoms with Crippen LogP contribution in [0.15, 0.2) is 24.3 Å². The predicted octanol–water partition coefficient (Wildman–Crippen LogP) is 4.35. The van der Waals surface area contributed by atoms with Gasteiger partial charge in [0.1, 0.15) is 6.61 Å². The topological polar surface area (TPSA) is 53.6 Å². The number of nitrogens with zero attached hydrogens (tertiary/aromatic N) is 1. The number of anilines is 1. The van der Waals surface area contributed by atoms with Crippen LogP contribution in [0.3, 0.4) is 0 Å². The van der Waals surface area contributed by atoms with Gasteiger partial charge in [0.25, 0.3) is 0 Å². The first-order chi connectivity index (χ1) is 13.8. The highest BCUT2D eigenvalue weighted by Gasteiger charge is 2.40. The third-order valence-corrected chi connectivity index (χ3v) is 4.87. The molecule has 9 heteroatoms. The van der Waals surface area contributed by atoms with Gasteiger partial charge in [-0.3, -0.25) is 0 Å². The fraction of sp³-hybridized carbons (Fsp3) is 0.650. The van der Waals surface area contributed by atoms with Crippen LogP contribution in [0.2, 0.25) is 0 Å². The molecule has 1 aliphatic heterocycles. The molecule has 1 aromatic rings. The average molecular weight is 419 g/mol. The van der Waals surface area contributed by atoms with Crippen LogP contribution in [-0.4, -0.2) is 56.1 Å². The Hall–Kier alpha value is -1.87. The zero-order valence-electron chi connectivity index (χ0n) is 16.6. The Morgan fingerprint density at radius 3 is 2.69 bits per heavy atom. The number of piperidine rings is 1. The number of carbonyl (C=O) groups is 1. The van der Waals surface area contributed by atoms with Gasteiger partial charge in [0.2, 0.25) is 0 Å². The highest BCUT2D eigenvalue weighted by atomic mass is 19.3. The lowest BCUT2D eigenvalue weighted by atomic mass is 9.97. The van der Waals surface area contributed by atoms with Crippen LogP contribution in [0.4, 0.5) is 28.0 Å². The van der Waals surface area contributed by atoms with E-state index in [-0.39, 0.29) is 12.6 Å². The lowest BCUT2D eigenvalue weighted by Gasteiger charge is -2.31. The van der Waals surface area contributed by atoms with E-state index in [1.807, 2.05) is 0 Å². The quantitative estimate of drug-likeness (QED) is 0.555. The van der Waals surface area contributed by atoms with Crippen molar-refractivity contribution < 1.29 is 27.1 Å². The SMILES string of the molecule is CCCN1CCC(CNC(=O)Nc2cccc(COCC(F)(F)C(F)F)c2)CC1. The lowest BCUT2D eigenvalue weighted by molar-refractivity contribution is -0.168. The average Bonchev–Trinajstić information content (AvgIpc) is 2.68. The zero-order chi connectivity index (χ0) is 21.3. The predicted molar refractivity (Wildman–Crippen MR) is 104 cm³/mol. The highest BCUT2D eigenvalue weighted by molar-refractivity contribution is 5.89. The number of hydrogen-bond donors (Lipinski definition) is 2. The van der Waals surface area contributed by atoms with E-state index in [9.17, 15) is 22.4 Å². The summed E-state index contributed by atoms with van der Waals surface area (Å²) >= 11 is 0. The minimum Gasteiger partial charge on any atom is -0.370 e. The van der Waals surface area contributed by atoms with Gasteiger partial charge in [0.05, 0.1) is 6.61 Å². The molecule has 0 bridgehead atoms. The summed E-state index contributed by atoms with van der Waals surface area (Å²) in [7, 11) is 0. The number of halogens is 4. The van der Waals surface area contributed by atoms with E-state index in [1.165, 1.54) is 0 Å². The molecule has 0 radical (unpaired) electrons. The van der Waals surface area contributed by atoms with E-state index in [0.717, 1.165) is 38.9 Å². The number of amides is 2. The van der Waals surface area contributed by atoms with E-state index in [0.29, 0.717) is 23.7 Å². The minimum absolute atomic E-state index is 0.254. The van der Waals surface area contributed by atoms with E-state index >= 15 is 0 Å². The number of urea groups is 1. The van der Waals surface area contributed by atoms with Crippen molar-refractivity contribution in [3.8, 4) is 0 Å². The van der Waals surface area contributed by atoms with Crippen molar-refractivity contribution in [3.05, 3.63) is 29.8 Å². The second-order valence-corrected chi connectivity index (χ2v) is 7.37. The molecule has 0 aromatic heterocycles. The summed E-state index contributed by atoms with van der Waals surface area (Å²) in [5.74, 6) is -3.73. The monoisotopic (exact) mass is 419 g/mol. The molecule has 0 saturated carbocycles. The molecule has 2 N–H and O–H groups in total. The maximum atomic E-state index is 12.9. The fourth-order valence-electron chi connectivity index (χ4n) is 3.25. The lowest BCUT2D eigenvalue weighted by Crippen LogP contribution is -2.40. The van der Waals surface area contributed by atoms with E-state index in [2.05, 4.69) is 22.5 Å². The minimum atomic E-state index is -4.18. The molecular formula is C20H29F4N3O2. The summed E-state index contributed by atoms with van der Waals surface area (Å²) in [4.78, 5) is 14.5. The van der Waals surface area contributed by atoms with Crippen molar-refractivity contribution >= 4 is 11.7 Å². The smallest absolute Gasteiger partial charge is 0.330 e. The normalized spacial score (nSPS) is 16.2. The van der Waals surface area contributed by atoms with Gasteiger partial charge < -0.3 is 20.3 Å². The van der Waals surface area contributed by atoms with Crippen LogP contribution in [-0.2, 0) is 11.3 Å². The molecule has 2 rings (SSSR count). The van der Waals surface area contributed by atoms with Crippen LogP contribution < -0.4 is 10.6 Å². The molecular weight excluding hydrogens is 390 g/mol. The molecule has 0 unspecified atom stereocenters. The molecule has 1 heterocycles. The summed E-state index contributed by atoms with van der Waals surface area (Å²) in [6.07, 6.45) is -0.519. The fourth-order valence-corrected chi connectivity index (χ4v) is 3.25. The Balaban J connectivity index is 1.72. The van der Waals surface area contributed by atoms with Crippen molar-refractivity contribution in [2.75, 3.05) is 38.1 Å². The number of hydrogen-bond acceptors (Lipinski definition) is 3. The molecule has 0 atom stereocenters. The van der Waals surface area contributed by atoms with Crippen molar-refractivity contribution in [2.45, 2.75) is 45.1 Å². The zero-order valence-corrected chi connectivity index (χ0v) is 16.6. The maximum absolute atomic E-state index is 12.9. The molecule has 1 aromatic carbocycles. The Bertz CT molecular complexity index is 638. The van der Waals surface area contributed by atoms with E-state index in [1.54, 1.807) is 24.3 Å². The molecule has 2 amide bonds. The molecule has 1 fully saturated rings. The highest BCUT2D eigenvalue weighted by Crippen LogP contribution is 2.23. The molecule has 1 aliphatic rings. The van der Waals surface area contributed by atoms with Crippen LogP contribution in [0, 0.1) is 5.92 Å². The second kappa shape index (κ2) is 11.3. The number of alkyl halides is 4. The standard InChI is InChI=1S/C20H29F4N3O2/c1-2-8-27-9-6-15(7-10-27)12-25-19(28)26-17-5-3-4-16(11-17)13-29-14-20(23,24)18(21)22/h3-5,11,15,18H,2,6-10,12-14H2,1H3,(H2,25,26,28). The molecule has 1 saturated heterocycles. The Morgan fingerprint density at radius 1 is 1.31 bits per heavy atom. The van der Waals surface area contributed by atoms with Gasteiger partial charge in [0, 0.05) is 12.2 Å². The molecule has 164 valence electrons. The number of carbonyl (C=O) groups excluding carboxylic acids is 1. The molecule has 0 aliphatic carbocycles. The number of likely N-dealkylation sites (tertiary alicyclic amines) is 1. The Kier molecular flexibility index (Phi) is 9.16. The molecule has 0 spiro atoms. The summed E-state index contributed by atoms with van der Waals surface area (Å²) in [6, 6.07) is 6.10. The van der Waals surface area contributed by atoms with Crippen molar-refractivity contribution in [2.24, 2.45) is 5.92 Å². The van der Waals surface area contributed by atoms with Crippen molar-refractivity contribution in [1.82, 2.24) is 10.2 Å². The van der Waals surface area contributed by atoms with Crippen LogP contribution >= 0.6 is 0 Å². The Labute approximate surface area is 168 Å². The van der Waals surface area contributed by atoms with Gasteiger partial charge in [-0.25, -0.2) is 13.6 Å². The first kappa shape index (κ1) is 23.4. The third kappa shape index (κ3) is 8.18. The number of nitrogens with one attached hydrogen (secondary N) is 2. The van der Waals surface area contributed by atoms with Crippen molar-refractivity contribution in [3.63, 3.8) is 0 Å². The summed E-state index contributed by atoms with van der Waals surface area (Å²) in [5, 5.41) is 5.55. The van der Waals surface area contributed by atoms with Gasteiger partial charge in [-0.1, -0.05) is 19.1 Å². The number of ether oxygens (including phenoxy) is 1. The van der Waals surface area contributed by atoms with Crippen LogP contribution in [0.5, 0.6) is 0 Å². The molecule has 5 nitrogen and oxygen atoms in total. The summed E-state index contributed by atoms with van der Waals surface area (Å²) < 4.78 is 54.6. The van der Waals surface area contributed by atoms with Gasteiger partial charge in [-0.15, -0.1) is 0 Å². The molecule has 29 heavy (non-hydrogen) atoms. The van der Waals surface area contributed by atoms with Gasteiger partial charge >= 0.3 is 18.4 Å². The third-order valence-electron chi connectivity index (χ3n) is 4.87. The second-order valence-electron chi connectivity index (χ2n) is 7.37. The first-order valence-corrected chi connectivity index (χ1v) is 9.90. The van der Waals surface area contributed by atoms with Crippen molar-refractivity contribution in [1.29, 1.82) is 0 Å². The van der Waals surface area contributed by atoms with Gasteiger partial charge in [-0.05, 0) is 62.5 Å².